The summed E-state index contributed by atoms with van der Waals surface area (Å²) in [4.78, 5) is 9.43. The summed E-state index contributed by atoms with van der Waals surface area (Å²) in [7, 11) is 1.57. The minimum absolute atomic E-state index is 0.134. The molecule has 158 valence electrons. The number of ether oxygens (including phenoxy) is 1. The molecule has 0 fully saturated rings. The van der Waals surface area contributed by atoms with Crippen LogP contribution in [0.5, 0.6) is 5.75 Å². The molecule has 2 aromatic heterocycles. The standard InChI is InChI=1S/C24H28N2O4/c1-4-20(28)18-8-6-10-22(25-18)24(30-3,16-12-14-17(27)15-13-16)23-11-7-9-19(26-23)21(29)5-2/h6-15,20-21,27-29H,4-5H2,1-3H3/t20-,21-/m0/s1. The van der Waals surface area contributed by atoms with Crippen molar-refractivity contribution in [3.63, 3.8) is 0 Å². The van der Waals surface area contributed by atoms with Gasteiger partial charge in [0.25, 0.3) is 0 Å². The maximum atomic E-state index is 10.3. The molecular formula is C24H28N2O4. The van der Waals surface area contributed by atoms with Crippen molar-refractivity contribution in [3.05, 3.63) is 89.0 Å². The maximum Gasteiger partial charge on any atom is 0.176 e. The molecule has 0 bridgehead atoms. The zero-order valence-electron chi connectivity index (χ0n) is 17.5. The molecule has 0 spiro atoms. The van der Waals surface area contributed by atoms with Gasteiger partial charge >= 0.3 is 0 Å². The summed E-state index contributed by atoms with van der Waals surface area (Å²) < 4.78 is 6.10. The number of benzene rings is 1. The Morgan fingerprint density at radius 3 is 1.67 bits per heavy atom. The number of aromatic hydroxyl groups is 1. The van der Waals surface area contributed by atoms with Gasteiger partial charge in [-0.15, -0.1) is 0 Å². The summed E-state index contributed by atoms with van der Waals surface area (Å²) in [5.41, 5.74) is 1.71. The number of aromatic nitrogens is 2. The van der Waals surface area contributed by atoms with Gasteiger partial charge in [0.05, 0.1) is 35.0 Å². The van der Waals surface area contributed by atoms with Gasteiger partial charge in [-0.25, -0.2) is 0 Å². The van der Waals surface area contributed by atoms with Crippen LogP contribution in [0.1, 0.15) is 67.2 Å². The van der Waals surface area contributed by atoms with Gasteiger partial charge in [-0.3, -0.25) is 9.97 Å². The van der Waals surface area contributed by atoms with E-state index >= 15 is 0 Å². The molecule has 2 atom stereocenters. The molecule has 6 heteroatoms. The second-order valence-corrected chi connectivity index (χ2v) is 7.18. The number of rotatable bonds is 8. The highest BCUT2D eigenvalue weighted by Crippen LogP contribution is 2.39. The van der Waals surface area contributed by atoms with E-state index in [1.807, 2.05) is 38.1 Å². The summed E-state index contributed by atoms with van der Waals surface area (Å²) >= 11 is 0. The first-order valence-corrected chi connectivity index (χ1v) is 10.1. The van der Waals surface area contributed by atoms with Crippen LogP contribution in [-0.4, -0.2) is 32.4 Å². The van der Waals surface area contributed by atoms with Crippen LogP contribution in [0.15, 0.2) is 60.7 Å². The summed E-state index contributed by atoms with van der Waals surface area (Å²) in [6, 6.07) is 17.5. The van der Waals surface area contributed by atoms with E-state index in [2.05, 4.69) is 0 Å². The molecule has 3 rings (SSSR count). The van der Waals surface area contributed by atoms with Crippen LogP contribution >= 0.6 is 0 Å². The number of phenolic OH excluding ortho intramolecular Hbond substituents is 1. The van der Waals surface area contributed by atoms with E-state index < -0.39 is 17.8 Å². The lowest BCUT2D eigenvalue weighted by Crippen LogP contribution is -2.34. The number of nitrogens with zero attached hydrogens (tertiary/aromatic N) is 2. The number of pyridine rings is 2. The lowest BCUT2D eigenvalue weighted by molar-refractivity contribution is 0.0495. The highest BCUT2D eigenvalue weighted by atomic mass is 16.5. The van der Waals surface area contributed by atoms with Crippen LogP contribution in [0.4, 0.5) is 0 Å². The third-order valence-corrected chi connectivity index (χ3v) is 5.30. The average molecular weight is 408 g/mol. The van der Waals surface area contributed by atoms with E-state index in [1.165, 1.54) is 0 Å². The smallest absolute Gasteiger partial charge is 0.176 e. The first-order chi connectivity index (χ1) is 14.5. The van der Waals surface area contributed by atoms with Crippen LogP contribution in [0.3, 0.4) is 0 Å². The van der Waals surface area contributed by atoms with Gasteiger partial charge in [-0.1, -0.05) is 38.1 Å². The monoisotopic (exact) mass is 408 g/mol. The minimum Gasteiger partial charge on any atom is -0.508 e. The highest BCUT2D eigenvalue weighted by Gasteiger charge is 2.40. The highest BCUT2D eigenvalue weighted by molar-refractivity contribution is 5.44. The fourth-order valence-corrected chi connectivity index (χ4v) is 3.53. The normalized spacial score (nSPS) is 13.8. The molecule has 0 amide bonds. The maximum absolute atomic E-state index is 10.3. The summed E-state index contributed by atoms with van der Waals surface area (Å²) in [5, 5.41) is 30.5. The Balaban J connectivity index is 2.28. The Hall–Kier alpha value is -2.80. The van der Waals surface area contributed by atoms with Gasteiger partial charge in [-0.2, -0.15) is 0 Å². The second kappa shape index (κ2) is 9.34. The topological polar surface area (TPSA) is 95.7 Å². The first-order valence-electron chi connectivity index (χ1n) is 10.1. The van der Waals surface area contributed by atoms with Crippen LogP contribution < -0.4 is 0 Å². The average Bonchev–Trinajstić information content (AvgIpc) is 2.80. The SMILES string of the molecule is CC[C@H](O)c1cccc(C(OC)(c2ccc(O)cc2)c2cccc([C@@H](O)CC)n2)n1. The zero-order chi connectivity index (χ0) is 21.7. The number of hydrogen-bond donors (Lipinski definition) is 3. The Morgan fingerprint density at radius 1 is 0.800 bits per heavy atom. The van der Waals surface area contributed by atoms with Gasteiger partial charge in [0, 0.05) is 7.11 Å². The molecule has 0 aliphatic rings. The summed E-state index contributed by atoms with van der Waals surface area (Å²) in [6.45, 7) is 3.78. The molecular weight excluding hydrogens is 380 g/mol. The Bertz CT molecular complexity index is 921. The van der Waals surface area contributed by atoms with Crippen molar-refractivity contribution in [2.45, 2.75) is 44.5 Å². The molecule has 0 saturated carbocycles. The zero-order valence-corrected chi connectivity index (χ0v) is 17.5. The van der Waals surface area contributed by atoms with E-state index in [0.717, 1.165) is 0 Å². The molecule has 0 saturated heterocycles. The van der Waals surface area contributed by atoms with Crippen LogP contribution in [0.25, 0.3) is 0 Å². The fraction of sp³-hybridized carbons (Fsp3) is 0.333. The third kappa shape index (κ3) is 4.07. The van der Waals surface area contributed by atoms with Crippen molar-refractivity contribution in [2.75, 3.05) is 7.11 Å². The van der Waals surface area contributed by atoms with Crippen molar-refractivity contribution in [2.24, 2.45) is 0 Å². The predicted molar refractivity (Wildman–Crippen MR) is 114 cm³/mol. The summed E-state index contributed by atoms with van der Waals surface area (Å²) in [6.07, 6.45) is -0.320. The van der Waals surface area contributed by atoms with Crippen molar-refractivity contribution in [1.82, 2.24) is 9.97 Å². The van der Waals surface area contributed by atoms with E-state index in [4.69, 9.17) is 14.7 Å². The summed E-state index contributed by atoms with van der Waals surface area (Å²) in [5.74, 6) is 0.134. The van der Waals surface area contributed by atoms with Crippen LogP contribution in [0, 0.1) is 0 Å². The number of methoxy groups -OCH3 is 1. The van der Waals surface area contributed by atoms with Crippen LogP contribution in [-0.2, 0) is 10.3 Å². The Morgan fingerprint density at radius 2 is 1.27 bits per heavy atom. The van der Waals surface area contributed by atoms with E-state index in [0.29, 0.717) is 41.2 Å². The molecule has 30 heavy (non-hydrogen) atoms. The number of aliphatic hydroxyl groups excluding tert-OH is 2. The molecule has 6 nitrogen and oxygen atoms in total. The van der Waals surface area contributed by atoms with E-state index in [1.54, 1.807) is 43.5 Å². The van der Waals surface area contributed by atoms with Gasteiger partial charge in [0.2, 0.25) is 0 Å². The van der Waals surface area contributed by atoms with Crippen molar-refractivity contribution in [1.29, 1.82) is 0 Å². The largest absolute Gasteiger partial charge is 0.508 e. The predicted octanol–water partition coefficient (Wildman–Crippen LogP) is 4.01. The second-order valence-electron chi connectivity index (χ2n) is 7.18. The van der Waals surface area contributed by atoms with Crippen LogP contribution in [0.2, 0.25) is 0 Å². The first kappa shape index (κ1) is 21.9. The quantitative estimate of drug-likeness (QED) is 0.521. The lowest BCUT2D eigenvalue weighted by Gasteiger charge is -2.33. The van der Waals surface area contributed by atoms with Gasteiger partial charge in [-0.05, 0) is 54.8 Å². The van der Waals surface area contributed by atoms with Gasteiger partial charge in [0.1, 0.15) is 5.75 Å². The molecule has 0 aliphatic heterocycles. The molecule has 3 N–H and O–H groups in total. The van der Waals surface area contributed by atoms with E-state index in [-0.39, 0.29) is 5.75 Å². The van der Waals surface area contributed by atoms with Crippen molar-refractivity contribution in [3.8, 4) is 5.75 Å². The molecule has 0 aliphatic carbocycles. The van der Waals surface area contributed by atoms with E-state index in [9.17, 15) is 15.3 Å². The Kier molecular flexibility index (Phi) is 6.82. The Labute approximate surface area is 176 Å². The third-order valence-electron chi connectivity index (χ3n) is 5.30. The van der Waals surface area contributed by atoms with Gasteiger partial charge in [0.15, 0.2) is 5.60 Å². The number of aliphatic hydroxyl groups is 2. The molecule has 3 aromatic rings. The fourth-order valence-electron chi connectivity index (χ4n) is 3.53. The minimum atomic E-state index is -1.19. The molecule has 1 aromatic carbocycles. The molecule has 0 radical (unpaired) electrons. The number of phenols is 1. The molecule has 0 unspecified atom stereocenters. The lowest BCUT2D eigenvalue weighted by atomic mass is 9.85. The van der Waals surface area contributed by atoms with Crippen molar-refractivity contribution < 1.29 is 20.1 Å². The van der Waals surface area contributed by atoms with Gasteiger partial charge < -0.3 is 20.1 Å². The van der Waals surface area contributed by atoms with Crippen molar-refractivity contribution >= 4 is 0 Å². The number of hydrogen-bond acceptors (Lipinski definition) is 6. The molecule has 2 heterocycles.